The topological polar surface area (TPSA) is 63.7 Å². The van der Waals surface area contributed by atoms with Crippen molar-refractivity contribution in [2.24, 2.45) is 0 Å². The molecule has 26 heavy (non-hydrogen) atoms. The van der Waals surface area contributed by atoms with Crippen LogP contribution in [0.3, 0.4) is 0 Å². The molecule has 6 heteroatoms. The maximum atomic E-state index is 12.6. The van der Waals surface area contributed by atoms with Crippen molar-refractivity contribution < 1.29 is 14.3 Å². The van der Waals surface area contributed by atoms with Crippen LogP contribution in [0.2, 0.25) is 0 Å². The van der Waals surface area contributed by atoms with Crippen LogP contribution in [0.15, 0.2) is 42.6 Å². The maximum Gasteiger partial charge on any atom is 0.317 e. The quantitative estimate of drug-likeness (QED) is 0.918. The number of hydrogen-bond acceptors (Lipinski definition) is 4. The van der Waals surface area contributed by atoms with Crippen molar-refractivity contribution in [1.29, 1.82) is 0 Å². The molecule has 2 amide bonds. The first-order valence-corrected chi connectivity index (χ1v) is 9.15. The fraction of sp³-hybridized carbons (Fsp3) is 0.400. The number of pyridine rings is 1. The lowest BCUT2D eigenvalue weighted by Gasteiger charge is -2.27. The lowest BCUT2D eigenvalue weighted by atomic mass is 10.0. The highest BCUT2D eigenvalue weighted by molar-refractivity contribution is 5.75. The highest BCUT2D eigenvalue weighted by Crippen LogP contribution is 2.37. The number of ether oxygens (including phenoxy) is 2. The number of nitrogens with one attached hydrogen (secondary N) is 1. The number of aromatic nitrogens is 1. The number of likely N-dealkylation sites (tertiary alicyclic amines) is 1. The van der Waals surface area contributed by atoms with E-state index in [9.17, 15) is 4.79 Å². The molecule has 0 spiro atoms. The monoisotopic (exact) mass is 353 g/mol. The summed E-state index contributed by atoms with van der Waals surface area (Å²) in [6.07, 6.45) is 4.48. The predicted molar refractivity (Wildman–Crippen MR) is 97.5 cm³/mol. The molecule has 0 unspecified atom stereocenters. The summed E-state index contributed by atoms with van der Waals surface area (Å²) in [5, 5.41) is 3.03. The van der Waals surface area contributed by atoms with Gasteiger partial charge in [-0.25, -0.2) is 4.79 Å². The minimum absolute atomic E-state index is 0.0154. The number of benzene rings is 1. The third-order valence-corrected chi connectivity index (χ3v) is 4.85. The van der Waals surface area contributed by atoms with Crippen molar-refractivity contribution >= 4 is 6.03 Å². The minimum Gasteiger partial charge on any atom is -0.486 e. The molecule has 2 aliphatic rings. The SMILES string of the molecule is O=C(NCCc1ccccn1)N1CCC[C@H]1c1ccc2c(c1)OCCO2. The van der Waals surface area contributed by atoms with Crippen LogP contribution in [0.4, 0.5) is 4.79 Å². The van der Waals surface area contributed by atoms with E-state index >= 15 is 0 Å². The summed E-state index contributed by atoms with van der Waals surface area (Å²) in [6, 6.07) is 11.9. The van der Waals surface area contributed by atoms with Gasteiger partial charge in [0, 0.05) is 31.4 Å². The number of fused-ring (bicyclic) bond motifs is 1. The lowest BCUT2D eigenvalue weighted by Crippen LogP contribution is -2.40. The Hall–Kier alpha value is -2.76. The third kappa shape index (κ3) is 3.59. The summed E-state index contributed by atoms with van der Waals surface area (Å²) < 4.78 is 11.3. The van der Waals surface area contributed by atoms with Crippen molar-refractivity contribution in [1.82, 2.24) is 15.2 Å². The molecule has 1 fully saturated rings. The predicted octanol–water partition coefficient (Wildman–Crippen LogP) is 2.94. The Bertz CT molecular complexity index is 766. The second kappa shape index (κ2) is 7.64. The number of nitrogens with zero attached hydrogens (tertiary/aromatic N) is 2. The summed E-state index contributed by atoms with van der Waals surface area (Å²) in [7, 11) is 0. The van der Waals surface area contributed by atoms with Gasteiger partial charge in [-0.2, -0.15) is 0 Å². The first-order valence-electron chi connectivity index (χ1n) is 9.15. The van der Waals surface area contributed by atoms with Gasteiger partial charge >= 0.3 is 6.03 Å². The van der Waals surface area contributed by atoms with Gasteiger partial charge in [0.2, 0.25) is 0 Å². The number of carbonyl (C=O) groups excluding carboxylic acids is 1. The maximum absolute atomic E-state index is 12.6. The standard InChI is InChI=1S/C20H23N3O3/c24-20(22-10-8-16-4-1-2-9-21-16)23-11-3-5-17(23)15-6-7-18-19(14-15)26-13-12-25-18/h1-2,4,6-7,9,14,17H,3,5,8,10-13H2,(H,22,24)/t17-/m0/s1. The number of hydrogen-bond donors (Lipinski definition) is 1. The number of carbonyl (C=O) groups is 1. The first kappa shape index (κ1) is 16.7. The number of amides is 2. The Labute approximate surface area is 153 Å². The smallest absolute Gasteiger partial charge is 0.317 e. The molecule has 136 valence electrons. The van der Waals surface area contributed by atoms with Crippen molar-refractivity contribution in [3.8, 4) is 11.5 Å². The second-order valence-electron chi connectivity index (χ2n) is 6.56. The van der Waals surface area contributed by atoms with E-state index in [1.165, 1.54) is 0 Å². The Morgan fingerprint density at radius 3 is 2.92 bits per heavy atom. The fourth-order valence-corrected chi connectivity index (χ4v) is 3.57. The zero-order valence-electron chi connectivity index (χ0n) is 14.7. The van der Waals surface area contributed by atoms with Gasteiger partial charge in [-0.15, -0.1) is 0 Å². The average molecular weight is 353 g/mol. The number of urea groups is 1. The molecule has 1 aromatic heterocycles. The molecule has 1 saturated heterocycles. The Morgan fingerprint density at radius 2 is 2.08 bits per heavy atom. The summed E-state index contributed by atoms with van der Waals surface area (Å²) in [5.74, 6) is 1.56. The summed E-state index contributed by atoms with van der Waals surface area (Å²) in [6.45, 7) is 2.51. The van der Waals surface area contributed by atoms with Gasteiger partial charge in [0.25, 0.3) is 0 Å². The summed E-state index contributed by atoms with van der Waals surface area (Å²) >= 11 is 0. The van der Waals surface area contributed by atoms with E-state index in [1.54, 1.807) is 6.20 Å². The fourth-order valence-electron chi connectivity index (χ4n) is 3.57. The second-order valence-corrected chi connectivity index (χ2v) is 6.56. The largest absolute Gasteiger partial charge is 0.486 e. The van der Waals surface area contributed by atoms with Gasteiger partial charge in [0.15, 0.2) is 11.5 Å². The molecule has 6 nitrogen and oxygen atoms in total. The molecule has 3 heterocycles. The van der Waals surface area contributed by atoms with Crippen molar-refractivity contribution in [2.45, 2.75) is 25.3 Å². The Kier molecular flexibility index (Phi) is 4.91. The van der Waals surface area contributed by atoms with Gasteiger partial charge in [0.05, 0.1) is 6.04 Å². The van der Waals surface area contributed by atoms with Gasteiger partial charge in [-0.3, -0.25) is 4.98 Å². The Morgan fingerprint density at radius 1 is 1.19 bits per heavy atom. The van der Waals surface area contributed by atoms with Crippen LogP contribution in [0.1, 0.15) is 30.1 Å². The molecule has 1 atom stereocenters. The van der Waals surface area contributed by atoms with Gasteiger partial charge < -0.3 is 19.7 Å². The van der Waals surface area contributed by atoms with Crippen LogP contribution in [-0.2, 0) is 6.42 Å². The van der Waals surface area contributed by atoms with E-state index in [2.05, 4.69) is 10.3 Å². The van der Waals surface area contributed by atoms with E-state index in [0.717, 1.165) is 48.6 Å². The molecule has 0 saturated carbocycles. The average Bonchev–Trinajstić information content (AvgIpc) is 3.18. The summed E-state index contributed by atoms with van der Waals surface area (Å²) in [5.41, 5.74) is 2.09. The van der Waals surface area contributed by atoms with Crippen LogP contribution in [0, 0.1) is 0 Å². The van der Waals surface area contributed by atoms with E-state index in [0.29, 0.717) is 19.8 Å². The Balaban J connectivity index is 1.39. The lowest BCUT2D eigenvalue weighted by molar-refractivity contribution is 0.170. The van der Waals surface area contributed by atoms with Crippen molar-refractivity contribution in [3.05, 3.63) is 53.9 Å². The summed E-state index contributed by atoms with van der Waals surface area (Å²) in [4.78, 5) is 18.9. The highest BCUT2D eigenvalue weighted by atomic mass is 16.6. The molecule has 1 aromatic carbocycles. The molecule has 0 bridgehead atoms. The number of rotatable bonds is 4. The zero-order chi connectivity index (χ0) is 17.8. The third-order valence-electron chi connectivity index (χ3n) is 4.85. The van der Waals surface area contributed by atoms with E-state index in [4.69, 9.17) is 9.47 Å². The van der Waals surface area contributed by atoms with Crippen LogP contribution >= 0.6 is 0 Å². The van der Waals surface area contributed by atoms with Gasteiger partial charge in [-0.1, -0.05) is 12.1 Å². The van der Waals surface area contributed by atoms with Gasteiger partial charge in [-0.05, 0) is 42.7 Å². The van der Waals surface area contributed by atoms with Gasteiger partial charge in [0.1, 0.15) is 13.2 Å². The highest BCUT2D eigenvalue weighted by Gasteiger charge is 2.30. The normalized spacial score (nSPS) is 18.6. The molecule has 2 aliphatic heterocycles. The van der Waals surface area contributed by atoms with E-state index in [1.807, 2.05) is 41.3 Å². The van der Waals surface area contributed by atoms with Crippen molar-refractivity contribution in [2.75, 3.05) is 26.3 Å². The molecule has 0 aliphatic carbocycles. The molecule has 0 radical (unpaired) electrons. The van der Waals surface area contributed by atoms with Crippen LogP contribution in [0.25, 0.3) is 0 Å². The molecular formula is C20H23N3O3. The van der Waals surface area contributed by atoms with E-state index in [-0.39, 0.29) is 12.1 Å². The van der Waals surface area contributed by atoms with Crippen LogP contribution in [-0.4, -0.2) is 42.2 Å². The molecule has 1 N–H and O–H groups in total. The van der Waals surface area contributed by atoms with Crippen LogP contribution in [0.5, 0.6) is 11.5 Å². The molecule has 2 aromatic rings. The minimum atomic E-state index is -0.0154. The molecule has 4 rings (SSSR count). The first-order chi connectivity index (χ1) is 12.8. The molecular weight excluding hydrogens is 330 g/mol. The zero-order valence-corrected chi connectivity index (χ0v) is 14.7. The van der Waals surface area contributed by atoms with Crippen molar-refractivity contribution in [3.63, 3.8) is 0 Å². The van der Waals surface area contributed by atoms with Crippen LogP contribution < -0.4 is 14.8 Å². The van der Waals surface area contributed by atoms with E-state index < -0.39 is 0 Å².